The smallest absolute Gasteiger partial charge is 0.338 e. The Bertz CT molecular complexity index is 836. The lowest BCUT2D eigenvalue weighted by atomic mass is 10.1. The molecule has 0 aliphatic rings. The fourth-order valence-electron chi connectivity index (χ4n) is 2.59. The number of aryl methyl sites for hydroxylation is 1. The lowest BCUT2D eigenvalue weighted by Crippen LogP contribution is -2.04. The van der Waals surface area contributed by atoms with E-state index in [1.807, 2.05) is 35.9 Å². The first-order chi connectivity index (χ1) is 10.1. The molecule has 0 unspecified atom stereocenters. The first kappa shape index (κ1) is 13.4. The Morgan fingerprint density at radius 2 is 2.00 bits per heavy atom. The second-order valence-corrected chi connectivity index (χ2v) is 5.08. The molecule has 0 aliphatic heterocycles. The zero-order valence-corrected chi connectivity index (χ0v) is 11.5. The number of hydrogen-bond donors (Lipinski definition) is 1. The first-order valence-electron chi connectivity index (χ1n) is 6.62. The van der Waals surface area contributed by atoms with Crippen molar-refractivity contribution in [2.75, 3.05) is 0 Å². The van der Waals surface area contributed by atoms with E-state index in [2.05, 4.69) is 6.07 Å². The van der Waals surface area contributed by atoms with Crippen LogP contribution in [0.25, 0.3) is 10.9 Å². The summed E-state index contributed by atoms with van der Waals surface area (Å²) in [5.74, 6) is -1.96. The van der Waals surface area contributed by atoms with Crippen LogP contribution in [0.5, 0.6) is 0 Å². The maximum Gasteiger partial charge on any atom is 0.338 e. The van der Waals surface area contributed by atoms with Gasteiger partial charge in [-0.15, -0.1) is 0 Å². The quantitative estimate of drug-likeness (QED) is 0.793. The average molecular weight is 283 g/mol. The molecule has 0 spiro atoms. The standard InChI is InChI=1S/C17H14FNO2/c1-11-9-19(16-5-3-2-4-13(11)16)10-12-6-7-15(18)14(8-12)17(20)21/h2-9H,10H2,1H3,(H,20,21). The molecule has 0 radical (unpaired) electrons. The molecule has 2 aromatic carbocycles. The minimum absolute atomic E-state index is 0.291. The summed E-state index contributed by atoms with van der Waals surface area (Å²) in [4.78, 5) is 11.0. The molecule has 0 fully saturated rings. The van der Waals surface area contributed by atoms with Crippen LogP contribution < -0.4 is 0 Å². The number of hydrogen-bond acceptors (Lipinski definition) is 1. The SMILES string of the molecule is Cc1cn(Cc2ccc(F)c(C(=O)O)c2)c2ccccc12. The van der Waals surface area contributed by atoms with Gasteiger partial charge < -0.3 is 9.67 Å². The molecule has 0 bridgehead atoms. The monoisotopic (exact) mass is 283 g/mol. The van der Waals surface area contributed by atoms with Crippen LogP contribution in [-0.2, 0) is 6.54 Å². The van der Waals surface area contributed by atoms with Gasteiger partial charge in [-0.1, -0.05) is 24.3 Å². The summed E-state index contributed by atoms with van der Waals surface area (Å²) < 4.78 is 15.5. The van der Waals surface area contributed by atoms with E-state index < -0.39 is 11.8 Å². The van der Waals surface area contributed by atoms with Gasteiger partial charge in [0.15, 0.2) is 0 Å². The summed E-state index contributed by atoms with van der Waals surface area (Å²) in [6.45, 7) is 2.54. The number of fused-ring (bicyclic) bond motifs is 1. The van der Waals surface area contributed by atoms with E-state index in [1.54, 1.807) is 6.07 Å². The lowest BCUT2D eigenvalue weighted by Gasteiger charge is -2.07. The van der Waals surface area contributed by atoms with Gasteiger partial charge in [0.1, 0.15) is 5.82 Å². The number of para-hydroxylation sites is 1. The Balaban J connectivity index is 2.03. The Kier molecular flexibility index (Phi) is 3.22. The van der Waals surface area contributed by atoms with E-state index in [4.69, 9.17) is 5.11 Å². The van der Waals surface area contributed by atoms with Crippen molar-refractivity contribution >= 4 is 16.9 Å². The van der Waals surface area contributed by atoms with Crippen LogP contribution in [0.15, 0.2) is 48.7 Å². The Hall–Kier alpha value is -2.62. The van der Waals surface area contributed by atoms with Gasteiger partial charge in [0.05, 0.1) is 5.56 Å². The molecule has 0 amide bonds. The molecule has 0 aliphatic carbocycles. The highest BCUT2D eigenvalue weighted by molar-refractivity contribution is 5.88. The number of aromatic nitrogens is 1. The molecule has 0 saturated heterocycles. The van der Waals surface area contributed by atoms with Crippen LogP contribution in [0.4, 0.5) is 4.39 Å². The van der Waals surface area contributed by atoms with E-state index in [9.17, 15) is 9.18 Å². The molecule has 1 heterocycles. The summed E-state index contributed by atoms with van der Waals surface area (Å²) in [5.41, 5.74) is 2.71. The maximum absolute atomic E-state index is 13.4. The molecule has 0 atom stereocenters. The van der Waals surface area contributed by atoms with E-state index in [1.165, 1.54) is 12.1 Å². The molecule has 21 heavy (non-hydrogen) atoms. The minimum atomic E-state index is -1.25. The van der Waals surface area contributed by atoms with Crippen LogP contribution in [0, 0.1) is 12.7 Å². The predicted molar refractivity (Wildman–Crippen MR) is 79.1 cm³/mol. The zero-order valence-electron chi connectivity index (χ0n) is 11.5. The topological polar surface area (TPSA) is 42.2 Å². The summed E-state index contributed by atoms with van der Waals surface area (Å²) in [6.07, 6.45) is 2.02. The van der Waals surface area contributed by atoms with Crippen molar-refractivity contribution in [3.8, 4) is 0 Å². The molecule has 4 heteroatoms. The third kappa shape index (κ3) is 2.40. The zero-order chi connectivity index (χ0) is 15.0. The van der Waals surface area contributed by atoms with Gasteiger partial charge in [-0.3, -0.25) is 0 Å². The van der Waals surface area contributed by atoms with Gasteiger partial charge in [0.25, 0.3) is 0 Å². The predicted octanol–water partition coefficient (Wildman–Crippen LogP) is 3.84. The van der Waals surface area contributed by atoms with E-state index in [-0.39, 0.29) is 5.56 Å². The van der Waals surface area contributed by atoms with Gasteiger partial charge in [0, 0.05) is 23.6 Å². The van der Waals surface area contributed by atoms with Crippen LogP contribution in [0.2, 0.25) is 0 Å². The Morgan fingerprint density at radius 1 is 1.24 bits per heavy atom. The number of carboxylic acids is 1. The first-order valence-corrected chi connectivity index (χ1v) is 6.62. The third-order valence-corrected chi connectivity index (χ3v) is 3.60. The summed E-state index contributed by atoms with van der Waals surface area (Å²) in [5, 5.41) is 10.2. The fraction of sp³-hybridized carbons (Fsp3) is 0.118. The Morgan fingerprint density at radius 3 is 2.76 bits per heavy atom. The van der Waals surface area contributed by atoms with E-state index in [0.717, 1.165) is 22.0 Å². The number of rotatable bonds is 3. The molecule has 1 aromatic heterocycles. The van der Waals surface area contributed by atoms with Crippen LogP contribution in [-0.4, -0.2) is 15.6 Å². The molecular formula is C17H14FNO2. The summed E-state index contributed by atoms with van der Waals surface area (Å²) in [6, 6.07) is 12.2. The van der Waals surface area contributed by atoms with Crippen molar-refractivity contribution in [1.29, 1.82) is 0 Å². The average Bonchev–Trinajstić information content (AvgIpc) is 2.78. The number of aromatic carboxylic acids is 1. The van der Waals surface area contributed by atoms with Gasteiger partial charge in [-0.25, -0.2) is 9.18 Å². The van der Waals surface area contributed by atoms with Crippen molar-refractivity contribution in [3.63, 3.8) is 0 Å². The van der Waals surface area contributed by atoms with E-state index in [0.29, 0.717) is 6.54 Å². The Labute approximate surface area is 121 Å². The van der Waals surface area contributed by atoms with Gasteiger partial charge in [-0.05, 0) is 36.2 Å². The molecule has 3 aromatic rings. The van der Waals surface area contributed by atoms with Gasteiger partial charge >= 0.3 is 5.97 Å². The number of carbonyl (C=O) groups is 1. The number of nitrogens with zero attached hydrogens (tertiary/aromatic N) is 1. The molecular weight excluding hydrogens is 269 g/mol. The van der Waals surface area contributed by atoms with Crippen molar-refractivity contribution in [2.24, 2.45) is 0 Å². The number of halogens is 1. The minimum Gasteiger partial charge on any atom is -0.478 e. The van der Waals surface area contributed by atoms with Gasteiger partial charge in [0.2, 0.25) is 0 Å². The summed E-state index contributed by atoms with van der Waals surface area (Å²) in [7, 11) is 0. The molecule has 1 N–H and O–H groups in total. The number of benzene rings is 2. The molecule has 3 nitrogen and oxygen atoms in total. The molecule has 3 rings (SSSR count). The van der Waals surface area contributed by atoms with Crippen LogP contribution in [0.3, 0.4) is 0 Å². The number of carboxylic acid groups (broad SMARTS) is 1. The van der Waals surface area contributed by atoms with Crippen LogP contribution in [0.1, 0.15) is 21.5 Å². The van der Waals surface area contributed by atoms with Crippen molar-refractivity contribution in [1.82, 2.24) is 4.57 Å². The fourth-order valence-corrected chi connectivity index (χ4v) is 2.59. The van der Waals surface area contributed by atoms with Crippen molar-refractivity contribution < 1.29 is 14.3 Å². The highest BCUT2D eigenvalue weighted by Gasteiger charge is 2.12. The van der Waals surface area contributed by atoms with Crippen molar-refractivity contribution in [2.45, 2.75) is 13.5 Å². The lowest BCUT2D eigenvalue weighted by molar-refractivity contribution is 0.0691. The molecule has 106 valence electrons. The molecule has 0 saturated carbocycles. The normalized spacial score (nSPS) is 11.0. The second kappa shape index (κ2) is 5.05. The van der Waals surface area contributed by atoms with E-state index >= 15 is 0 Å². The maximum atomic E-state index is 13.4. The largest absolute Gasteiger partial charge is 0.478 e. The highest BCUT2D eigenvalue weighted by atomic mass is 19.1. The van der Waals surface area contributed by atoms with Crippen molar-refractivity contribution in [3.05, 3.63) is 71.2 Å². The highest BCUT2D eigenvalue weighted by Crippen LogP contribution is 2.22. The van der Waals surface area contributed by atoms with Crippen LogP contribution >= 0.6 is 0 Å². The second-order valence-electron chi connectivity index (χ2n) is 5.08. The summed E-state index contributed by atoms with van der Waals surface area (Å²) >= 11 is 0. The van der Waals surface area contributed by atoms with Gasteiger partial charge in [-0.2, -0.15) is 0 Å². The third-order valence-electron chi connectivity index (χ3n) is 3.60.